The second kappa shape index (κ2) is 7.03. The Morgan fingerprint density at radius 2 is 1.66 bits per heavy atom. The van der Waals surface area contributed by atoms with Crippen LogP contribution < -0.4 is 0 Å². The van der Waals surface area contributed by atoms with Gasteiger partial charge in [0.1, 0.15) is 11.6 Å². The third kappa shape index (κ3) is 3.28. The van der Waals surface area contributed by atoms with E-state index in [-0.39, 0.29) is 0 Å². The van der Waals surface area contributed by atoms with E-state index in [0.29, 0.717) is 21.4 Å². The van der Waals surface area contributed by atoms with Crippen LogP contribution in [-0.2, 0) is 0 Å². The number of hydrogen-bond donors (Lipinski definition) is 2. The number of halogens is 2. The van der Waals surface area contributed by atoms with Crippen molar-refractivity contribution < 1.29 is 0 Å². The highest BCUT2D eigenvalue weighted by atomic mass is 35.5. The summed E-state index contributed by atoms with van der Waals surface area (Å²) < 4.78 is 0. The third-order valence-electron chi connectivity index (χ3n) is 4.72. The minimum Gasteiger partial charge on any atom is -0.338 e. The van der Waals surface area contributed by atoms with Gasteiger partial charge in [0.2, 0.25) is 0 Å². The van der Waals surface area contributed by atoms with E-state index in [1.165, 1.54) is 0 Å². The number of aromatic nitrogens is 5. The average molecular weight is 420 g/mol. The quantitative estimate of drug-likeness (QED) is 0.360. The normalized spacial score (nSPS) is 11.3. The molecular weight excluding hydrogens is 405 g/mol. The summed E-state index contributed by atoms with van der Waals surface area (Å²) in [5.74, 6) is 1.41. The first-order valence-corrected chi connectivity index (χ1v) is 9.75. The highest BCUT2D eigenvalue weighted by Gasteiger charge is 2.14. The maximum atomic E-state index is 6.33. The fraction of sp³-hybridized carbons (Fsp3) is 0.0455. The largest absolute Gasteiger partial charge is 0.338 e. The van der Waals surface area contributed by atoms with E-state index in [9.17, 15) is 0 Å². The molecule has 0 aliphatic rings. The van der Waals surface area contributed by atoms with Crippen LogP contribution in [-0.4, -0.2) is 24.9 Å². The highest BCUT2D eigenvalue weighted by Crippen LogP contribution is 2.34. The Bertz CT molecular complexity index is 1330. The molecule has 0 aliphatic heterocycles. The van der Waals surface area contributed by atoms with Gasteiger partial charge in [-0.1, -0.05) is 29.3 Å². The molecule has 0 atom stereocenters. The van der Waals surface area contributed by atoms with Crippen molar-refractivity contribution in [3.8, 4) is 34.0 Å². The van der Waals surface area contributed by atoms with Crippen LogP contribution in [0.15, 0.2) is 61.1 Å². The number of aryl methyl sites for hydroxylation is 1. The molecule has 0 aliphatic carbocycles. The highest BCUT2D eigenvalue weighted by molar-refractivity contribution is 6.39. The summed E-state index contributed by atoms with van der Waals surface area (Å²) in [6.07, 6.45) is 5.47. The molecule has 29 heavy (non-hydrogen) atoms. The third-order valence-corrected chi connectivity index (χ3v) is 5.35. The molecule has 0 spiro atoms. The molecule has 0 saturated heterocycles. The standard InChI is InChI=1S/C22H15Cl2N5/c1-12-7-14(10-25-9-12)19-11-26-21(29-19)13-5-6-17-18(8-13)28-22(27-17)20-15(23)3-2-4-16(20)24/h2-11H,1H3,(H,26,29)(H,27,28). The number of nitrogens with zero attached hydrogens (tertiary/aromatic N) is 3. The van der Waals surface area contributed by atoms with Crippen LogP contribution in [0.2, 0.25) is 10.0 Å². The van der Waals surface area contributed by atoms with E-state index in [1.54, 1.807) is 12.1 Å². The molecular formula is C22H15Cl2N5. The molecule has 3 heterocycles. The summed E-state index contributed by atoms with van der Waals surface area (Å²) in [6, 6.07) is 13.4. The predicted octanol–water partition coefficient (Wildman–Crippen LogP) is 6.30. The van der Waals surface area contributed by atoms with Crippen LogP contribution in [0.1, 0.15) is 5.56 Å². The van der Waals surface area contributed by atoms with Crippen LogP contribution in [0.5, 0.6) is 0 Å². The average Bonchev–Trinajstić information content (AvgIpc) is 3.34. The maximum absolute atomic E-state index is 6.33. The van der Waals surface area contributed by atoms with Gasteiger partial charge >= 0.3 is 0 Å². The van der Waals surface area contributed by atoms with Gasteiger partial charge in [0.05, 0.1) is 38.5 Å². The van der Waals surface area contributed by atoms with Crippen LogP contribution in [0.25, 0.3) is 45.1 Å². The number of rotatable bonds is 3. The monoisotopic (exact) mass is 419 g/mol. The number of pyridine rings is 1. The molecule has 5 rings (SSSR count). The van der Waals surface area contributed by atoms with E-state index in [1.807, 2.05) is 49.8 Å². The zero-order chi connectivity index (χ0) is 20.0. The van der Waals surface area contributed by atoms with Gasteiger partial charge in [-0.3, -0.25) is 4.98 Å². The Hall–Kier alpha value is -3.15. The van der Waals surface area contributed by atoms with Gasteiger partial charge in [-0.2, -0.15) is 0 Å². The Morgan fingerprint density at radius 1 is 0.828 bits per heavy atom. The second-order valence-electron chi connectivity index (χ2n) is 6.81. The van der Waals surface area contributed by atoms with Crippen molar-refractivity contribution in [1.82, 2.24) is 24.9 Å². The van der Waals surface area contributed by atoms with E-state index in [4.69, 9.17) is 23.2 Å². The molecule has 0 unspecified atom stereocenters. The van der Waals surface area contributed by atoms with Gasteiger partial charge in [-0.05, 0) is 48.9 Å². The smallest absolute Gasteiger partial charge is 0.141 e. The van der Waals surface area contributed by atoms with E-state index in [0.717, 1.165) is 39.2 Å². The van der Waals surface area contributed by atoms with Crippen molar-refractivity contribution in [3.63, 3.8) is 0 Å². The predicted molar refractivity (Wildman–Crippen MR) is 117 cm³/mol. The molecule has 0 fully saturated rings. The van der Waals surface area contributed by atoms with Crippen LogP contribution in [0.3, 0.4) is 0 Å². The van der Waals surface area contributed by atoms with Crippen molar-refractivity contribution in [1.29, 1.82) is 0 Å². The Labute approximate surface area is 176 Å². The molecule has 0 radical (unpaired) electrons. The zero-order valence-corrected chi connectivity index (χ0v) is 16.9. The molecule has 2 N–H and O–H groups in total. The lowest BCUT2D eigenvalue weighted by Crippen LogP contribution is -1.84. The Kier molecular flexibility index (Phi) is 4.34. The van der Waals surface area contributed by atoms with Gasteiger partial charge in [0.15, 0.2) is 0 Å². The SMILES string of the molecule is Cc1cncc(-c2cnc(-c3ccc4nc(-c5c(Cl)cccc5Cl)[nH]c4c3)[nH]2)c1. The van der Waals surface area contributed by atoms with Crippen LogP contribution in [0, 0.1) is 6.92 Å². The van der Waals surface area contributed by atoms with Gasteiger partial charge in [-0.15, -0.1) is 0 Å². The van der Waals surface area contributed by atoms with Crippen molar-refractivity contribution >= 4 is 34.2 Å². The summed E-state index contributed by atoms with van der Waals surface area (Å²) in [6.45, 7) is 2.02. The van der Waals surface area contributed by atoms with Gasteiger partial charge in [0, 0.05) is 23.5 Å². The minimum absolute atomic E-state index is 0.555. The summed E-state index contributed by atoms with van der Waals surface area (Å²) in [5, 5.41) is 1.11. The fourth-order valence-electron chi connectivity index (χ4n) is 3.32. The Balaban J connectivity index is 1.54. The maximum Gasteiger partial charge on any atom is 0.141 e. The summed E-state index contributed by atoms with van der Waals surface area (Å²) in [7, 11) is 0. The molecule has 0 saturated carbocycles. The second-order valence-corrected chi connectivity index (χ2v) is 7.62. The molecule has 5 aromatic rings. The molecule has 5 nitrogen and oxygen atoms in total. The molecule has 3 aromatic heterocycles. The van der Waals surface area contributed by atoms with Gasteiger partial charge in [0.25, 0.3) is 0 Å². The van der Waals surface area contributed by atoms with Crippen molar-refractivity contribution in [2.24, 2.45) is 0 Å². The number of benzene rings is 2. The number of aromatic amines is 2. The molecule has 0 amide bonds. The van der Waals surface area contributed by atoms with Gasteiger partial charge < -0.3 is 9.97 Å². The lowest BCUT2D eigenvalue weighted by Gasteiger charge is -2.02. The summed E-state index contributed by atoms with van der Waals surface area (Å²) in [4.78, 5) is 20.1. The van der Waals surface area contributed by atoms with E-state index >= 15 is 0 Å². The number of imidazole rings is 2. The topological polar surface area (TPSA) is 70.2 Å². The van der Waals surface area contributed by atoms with Crippen LogP contribution >= 0.6 is 23.2 Å². The van der Waals surface area contributed by atoms with Crippen molar-refractivity contribution in [2.45, 2.75) is 6.92 Å². The number of hydrogen-bond acceptors (Lipinski definition) is 3. The molecule has 142 valence electrons. The zero-order valence-electron chi connectivity index (χ0n) is 15.4. The lowest BCUT2D eigenvalue weighted by molar-refractivity contribution is 1.25. The first-order valence-electron chi connectivity index (χ1n) is 9.00. The Morgan fingerprint density at radius 3 is 2.45 bits per heavy atom. The summed E-state index contributed by atoms with van der Waals surface area (Å²) in [5.41, 5.74) is 6.37. The first kappa shape index (κ1) is 17.9. The molecule has 2 aromatic carbocycles. The van der Waals surface area contributed by atoms with E-state index < -0.39 is 0 Å². The van der Waals surface area contributed by atoms with Crippen LogP contribution in [0.4, 0.5) is 0 Å². The number of H-pyrrole nitrogens is 2. The first-order chi connectivity index (χ1) is 14.1. The number of nitrogens with one attached hydrogen (secondary N) is 2. The minimum atomic E-state index is 0.555. The lowest BCUT2D eigenvalue weighted by atomic mass is 10.2. The molecule has 0 bridgehead atoms. The molecule has 7 heteroatoms. The van der Waals surface area contributed by atoms with E-state index in [2.05, 4.69) is 31.0 Å². The van der Waals surface area contributed by atoms with Crippen molar-refractivity contribution in [3.05, 3.63) is 76.7 Å². The number of fused-ring (bicyclic) bond motifs is 1. The van der Waals surface area contributed by atoms with Crippen molar-refractivity contribution in [2.75, 3.05) is 0 Å². The summed E-state index contributed by atoms with van der Waals surface area (Å²) >= 11 is 12.7. The fourth-order valence-corrected chi connectivity index (χ4v) is 3.89. The van der Waals surface area contributed by atoms with Gasteiger partial charge in [-0.25, -0.2) is 9.97 Å².